The quantitative estimate of drug-likeness (QED) is 0.799. The molecule has 1 saturated heterocycles. The lowest BCUT2D eigenvalue weighted by Gasteiger charge is -2.33. The van der Waals surface area contributed by atoms with Crippen molar-refractivity contribution in [2.24, 2.45) is 0 Å². The molecule has 9 nitrogen and oxygen atoms in total. The number of hydrogen-bond donors (Lipinski definition) is 1. The maximum Gasteiger partial charge on any atom is 0.289 e. The number of furan rings is 1. The molecule has 2 aromatic rings. The summed E-state index contributed by atoms with van der Waals surface area (Å²) in [6.07, 6.45) is 0. The van der Waals surface area contributed by atoms with E-state index in [1.165, 1.54) is 7.11 Å². The van der Waals surface area contributed by atoms with E-state index in [9.17, 15) is 9.59 Å². The highest BCUT2D eigenvalue weighted by atomic mass is 16.7. The average Bonchev–Trinajstić information content (AvgIpc) is 3.33. The van der Waals surface area contributed by atoms with E-state index in [1.54, 1.807) is 23.1 Å². The van der Waals surface area contributed by atoms with Gasteiger partial charge in [-0.15, -0.1) is 0 Å². The summed E-state index contributed by atoms with van der Waals surface area (Å²) in [4.78, 5) is 28.9. The van der Waals surface area contributed by atoms with Crippen LogP contribution in [0.3, 0.4) is 0 Å². The first-order valence-electron chi connectivity index (χ1n) is 9.80. The minimum atomic E-state index is -0.163. The highest BCUT2D eigenvalue weighted by Crippen LogP contribution is 2.40. The lowest BCUT2D eigenvalue weighted by Crippen LogP contribution is -2.50. The molecule has 1 aromatic carbocycles. The van der Waals surface area contributed by atoms with E-state index in [4.69, 9.17) is 18.6 Å². The second kappa shape index (κ2) is 8.27. The molecular weight excluding hydrogens is 390 g/mol. The van der Waals surface area contributed by atoms with Crippen molar-refractivity contribution < 1.29 is 28.2 Å². The normalized spacial score (nSPS) is 15.9. The Bertz CT molecular complexity index is 942. The summed E-state index contributed by atoms with van der Waals surface area (Å²) in [6, 6.07) is 5.17. The van der Waals surface area contributed by atoms with Crippen LogP contribution in [0.25, 0.3) is 0 Å². The summed E-state index contributed by atoms with van der Waals surface area (Å²) >= 11 is 0. The standard InChI is InChI=1S/C21H25N3O6/c1-13-8-19(30-14(13)2)21(26)24-6-4-23(5-7-24)11-20(25)22-15-9-17-18(29-12-28-17)10-16(15)27-3/h8-10H,4-7,11-12H2,1-3H3,(H,22,25). The molecule has 2 aliphatic rings. The second-order valence-corrected chi connectivity index (χ2v) is 7.37. The number of benzene rings is 1. The van der Waals surface area contributed by atoms with Crippen LogP contribution in [0.15, 0.2) is 22.6 Å². The third kappa shape index (κ3) is 4.06. The molecule has 0 unspecified atom stereocenters. The van der Waals surface area contributed by atoms with Gasteiger partial charge in [-0.25, -0.2) is 0 Å². The van der Waals surface area contributed by atoms with Crippen LogP contribution < -0.4 is 19.5 Å². The smallest absolute Gasteiger partial charge is 0.289 e. The van der Waals surface area contributed by atoms with Gasteiger partial charge in [0.05, 0.1) is 19.3 Å². The fourth-order valence-electron chi connectivity index (χ4n) is 3.53. The van der Waals surface area contributed by atoms with Gasteiger partial charge in [-0.1, -0.05) is 0 Å². The number of carbonyl (C=O) groups excluding carboxylic acids is 2. The molecule has 160 valence electrons. The van der Waals surface area contributed by atoms with Crippen molar-refractivity contribution in [1.82, 2.24) is 9.80 Å². The Morgan fingerprint density at radius 3 is 2.40 bits per heavy atom. The third-order valence-electron chi connectivity index (χ3n) is 5.37. The van der Waals surface area contributed by atoms with E-state index in [-0.39, 0.29) is 25.2 Å². The van der Waals surface area contributed by atoms with Gasteiger partial charge in [0.1, 0.15) is 11.5 Å². The maximum atomic E-state index is 12.6. The lowest BCUT2D eigenvalue weighted by molar-refractivity contribution is -0.117. The molecule has 0 saturated carbocycles. The first-order chi connectivity index (χ1) is 14.4. The summed E-state index contributed by atoms with van der Waals surface area (Å²) in [5, 5.41) is 2.87. The monoisotopic (exact) mass is 415 g/mol. The fourth-order valence-corrected chi connectivity index (χ4v) is 3.53. The number of nitrogens with one attached hydrogen (secondary N) is 1. The van der Waals surface area contributed by atoms with E-state index < -0.39 is 0 Å². The Morgan fingerprint density at radius 2 is 1.77 bits per heavy atom. The maximum absolute atomic E-state index is 12.6. The summed E-state index contributed by atoms with van der Waals surface area (Å²) in [5.41, 5.74) is 1.50. The lowest BCUT2D eigenvalue weighted by atomic mass is 10.2. The number of rotatable bonds is 5. The van der Waals surface area contributed by atoms with Gasteiger partial charge in [-0.05, 0) is 25.5 Å². The van der Waals surface area contributed by atoms with Crippen molar-refractivity contribution in [2.45, 2.75) is 13.8 Å². The molecule has 1 N–H and O–H groups in total. The molecule has 0 spiro atoms. The van der Waals surface area contributed by atoms with Crippen molar-refractivity contribution >= 4 is 17.5 Å². The zero-order valence-electron chi connectivity index (χ0n) is 17.3. The molecule has 0 aliphatic carbocycles. The third-order valence-corrected chi connectivity index (χ3v) is 5.37. The fraction of sp³-hybridized carbons (Fsp3) is 0.429. The molecule has 3 heterocycles. The molecule has 1 aromatic heterocycles. The Kier molecular flexibility index (Phi) is 5.54. The van der Waals surface area contributed by atoms with Crippen LogP contribution in [0.5, 0.6) is 17.2 Å². The Balaban J connectivity index is 1.31. The largest absolute Gasteiger partial charge is 0.494 e. The van der Waals surface area contributed by atoms with Crippen LogP contribution in [0.4, 0.5) is 5.69 Å². The predicted octanol–water partition coefficient (Wildman–Crippen LogP) is 2.03. The molecule has 9 heteroatoms. The van der Waals surface area contributed by atoms with Crippen molar-refractivity contribution in [2.75, 3.05) is 51.9 Å². The van der Waals surface area contributed by atoms with Gasteiger partial charge < -0.3 is 28.8 Å². The minimum Gasteiger partial charge on any atom is -0.494 e. The number of hydrogen-bond acceptors (Lipinski definition) is 7. The molecule has 2 amide bonds. The van der Waals surface area contributed by atoms with Crippen molar-refractivity contribution in [1.29, 1.82) is 0 Å². The first-order valence-corrected chi connectivity index (χ1v) is 9.80. The number of piperazine rings is 1. The topological polar surface area (TPSA) is 93.5 Å². The van der Waals surface area contributed by atoms with Crippen molar-refractivity contribution in [3.8, 4) is 17.2 Å². The number of carbonyl (C=O) groups is 2. The van der Waals surface area contributed by atoms with E-state index >= 15 is 0 Å². The molecule has 0 atom stereocenters. The van der Waals surface area contributed by atoms with E-state index in [2.05, 4.69) is 5.32 Å². The summed E-state index contributed by atoms with van der Waals surface area (Å²) in [5.74, 6) is 2.52. The number of nitrogens with zero attached hydrogens (tertiary/aromatic N) is 2. The number of methoxy groups -OCH3 is 1. The average molecular weight is 415 g/mol. The van der Waals surface area contributed by atoms with Crippen LogP contribution in [-0.2, 0) is 4.79 Å². The number of fused-ring (bicyclic) bond motifs is 1. The van der Waals surface area contributed by atoms with Gasteiger partial charge in [0.2, 0.25) is 12.7 Å². The van der Waals surface area contributed by atoms with Gasteiger partial charge in [0.15, 0.2) is 17.3 Å². The molecule has 1 fully saturated rings. The minimum absolute atomic E-state index is 0.111. The number of ether oxygens (including phenoxy) is 3. The van der Waals surface area contributed by atoms with E-state index in [1.807, 2.05) is 18.7 Å². The zero-order valence-corrected chi connectivity index (χ0v) is 17.3. The van der Waals surface area contributed by atoms with Gasteiger partial charge >= 0.3 is 0 Å². The Labute approximate surface area is 174 Å². The summed E-state index contributed by atoms with van der Waals surface area (Å²) < 4.78 is 21.6. The Hall–Kier alpha value is -3.20. The van der Waals surface area contributed by atoms with E-state index in [0.29, 0.717) is 54.9 Å². The molecule has 2 aliphatic heterocycles. The van der Waals surface area contributed by atoms with Gasteiger partial charge in [-0.3, -0.25) is 14.5 Å². The second-order valence-electron chi connectivity index (χ2n) is 7.37. The molecule has 0 radical (unpaired) electrons. The summed E-state index contributed by atoms with van der Waals surface area (Å²) in [6.45, 7) is 6.43. The highest BCUT2D eigenvalue weighted by molar-refractivity contribution is 5.94. The van der Waals surface area contributed by atoms with E-state index in [0.717, 1.165) is 11.3 Å². The van der Waals surface area contributed by atoms with Gasteiger partial charge in [0.25, 0.3) is 5.91 Å². The number of aryl methyl sites for hydroxylation is 2. The van der Waals surface area contributed by atoms with Crippen LogP contribution in [0.1, 0.15) is 21.9 Å². The predicted molar refractivity (Wildman–Crippen MR) is 108 cm³/mol. The zero-order chi connectivity index (χ0) is 21.3. The highest BCUT2D eigenvalue weighted by Gasteiger charge is 2.26. The summed E-state index contributed by atoms with van der Waals surface area (Å²) in [7, 11) is 1.53. The van der Waals surface area contributed by atoms with Crippen molar-refractivity contribution in [3.63, 3.8) is 0 Å². The first kappa shape index (κ1) is 20.1. The van der Waals surface area contributed by atoms with Gasteiger partial charge in [0, 0.05) is 38.3 Å². The molecule has 4 rings (SSSR count). The van der Waals surface area contributed by atoms with Gasteiger partial charge in [-0.2, -0.15) is 0 Å². The van der Waals surface area contributed by atoms with Crippen LogP contribution >= 0.6 is 0 Å². The van der Waals surface area contributed by atoms with Crippen molar-refractivity contribution in [3.05, 3.63) is 35.3 Å². The number of anilines is 1. The van der Waals surface area contributed by atoms with Crippen LogP contribution in [-0.4, -0.2) is 68.2 Å². The number of amides is 2. The molecule has 0 bridgehead atoms. The molecular formula is C21H25N3O6. The SMILES string of the molecule is COc1cc2c(cc1NC(=O)CN1CCN(C(=O)c3cc(C)c(C)o3)CC1)OCO2. The Morgan fingerprint density at radius 1 is 1.07 bits per heavy atom. The van der Waals surface area contributed by atoms with Crippen LogP contribution in [0, 0.1) is 13.8 Å². The molecule has 30 heavy (non-hydrogen) atoms. The van der Waals surface area contributed by atoms with Crippen LogP contribution in [0.2, 0.25) is 0 Å².